The highest BCUT2D eigenvalue weighted by atomic mass is 16.5. The van der Waals surface area contributed by atoms with Gasteiger partial charge in [-0.1, -0.05) is 17.3 Å². The van der Waals surface area contributed by atoms with Crippen molar-refractivity contribution in [1.29, 1.82) is 0 Å². The van der Waals surface area contributed by atoms with E-state index in [4.69, 9.17) is 18.7 Å². The first-order valence-electron chi connectivity index (χ1n) is 9.20. The van der Waals surface area contributed by atoms with Gasteiger partial charge in [-0.25, -0.2) is 4.79 Å². The zero-order valence-electron chi connectivity index (χ0n) is 16.2. The zero-order chi connectivity index (χ0) is 19.7. The Balaban J connectivity index is 1.83. The summed E-state index contributed by atoms with van der Waals surface area (Å²) in [6, 6.07) is 5.70. The van der Waals surface area contributed by atoms with Gasteiger partial charge in [0.2, 0.25) is 0 Å². The van der Waals surface area contributed by atoms with Crippen molar-refractivity contribution in [2.24, 2.45) is 0 Å². The molecule has 1 aromatic carbocycles. The fraction of sp³-hybridized carbons (Fsp3) is 0.333. The van der Waals surface area contributed by atoms with E-state index in [-0.39, 0.29) is 5.97 Å². The second-order valence-electron chi connectivity index (χ2n) is 6.55. The van der Waals surface area contributed by atoms with Crippen LogP contribution in [0.4, 0.5) is 0 Å². The van der Waals surface area contributed by atoms with Crippen LogP contribution in [0.15, 0.2) is 35.1 Å². The van der Waals surface area contributed by atoms with Crippen molar-refractivity contribution in [3.05, 3.63) is 53.0 Å². The van der Waals surface area contributed by atoms with E-state index in [9.17, 15) is 4.79 Å². The summed E-state index contributed by atoms with van der Waals surface area (Å²) in [6.07, 6.45) is 5.19. The molecule has 0 aliphatic heterocycles. The van der Waals surface area contributed by atoms with Gasteiger partial charge >= 0.3 is 5.97 Å². The molecule has 0 unspecified atom stereocenters. The summed E-state index contributed by atoms with van der Waals surface area (Å²) in [5.41, 5.74) is 4.33. The number of carbonyl (C=O) groups excluding carboxylic acids is 1. The molecule has 4 rings (SSSR count). The lowest BCUT2D eigenvalue weighted by atomic mass is 9.93. The molecule has 0 atom stereocenters. The average Bonchev–Trinajstić information content (AvgIpc) is 3.31. The van der Waals surface area contributed by atoms with Crippen molar-refractivity contribution < 1.29 is 23.5 Å². The first-order valence-corrected chi connectivity index (χ1v) is 9.20. The van der Waals surface area contributed by atoms with Crippen LogP contribution in [0, 0.1) is 0 Å². The number of rotatable bonds is 6. The van der Waals surface area contributed by atoms with Crippen LogP contribution < -0.4 is 9.47 Å². The van der Waals surface area contributed by atoms with Gasteiger partial charge in [0.05, 0.1) is 33.6 Å². The Labute approximate surface area is 162 Å². The maximum Gasteiger partial charge on any atom is 0.355 e. The van der Waals surface area contributed by atoms with E-state index in [2.05, 4.69) is 5.16 Å². The molecule has 28 heavy (non-hydrogen) atoms. The van der Waals surface area contributed by atoms with Crippen molar-refractivity contribution >= 4 is 5.97 Å². The summed E-state index contributed by atoms with van der Waals surface area (Å²) in [5, 5.41) is 3.92. The number of fused-ring (bicyclic) bond motifs is 3. The van der Waals surface area contributed by atoms with Crippen LogP contribution in [-0.4, -0.2) is 36.5 Å². The van der Waals surface area contributed by atoms with E-state index in [0.29, 0.717) is 30.3 Å². The number of aryl methyl sites for hydroxylation is 1. The standard InChI is InChI=1S/C21H22N2O5/c1-4-27-21(24)18-15-9-8-13-10-22-28-19(13)16(15)12-23(18)11-14-6-5-7-17(25-2)20(14)26-3/h5-7,10,12H,4,8-9,11H2,1-3H3. The molecule has 0 amide bonds. The number of hydrogen-bond acceptors (Lipinski definition) is 6. The topological polar surface area (TPSA) is 75.7 Å². The van der Waals surface area contributed by atoms with Gasteiger partial charge in [-0.2, -0.15) is 0 Å². The summed E-state index contributed by atoms with van der Waals surface area (Å²) in [5.74, 6) is 1.68. The number of methoxy groups -OCH3 is 2. The number of ether oxygens (including phenoxy) is 3. The molecule has 2 aromatic heterocycles. The van der Waals surface area contributed by atoms with E-state index in [1.807, 2.05) is 29.0 Å². The van der Waals surface area contributed by atoms with E-state index in [1.165, 1.54) is 0 Å². The van der Waals surface area contributed by atoms with Gasteiger partial charge in [0.15, 0.2) is 17.3 Å². The number of para-hydroxylation sites is 1. The quantitative estimate of drug-likeness (QED) is 0.608. The zero-order valence-corrected chi connectivity index (χ0v) is 16.2. The van der Waals surface area contributed by atoms with Crippen LogP contribution in [0.1, 0.15) is 34.1 Å². The predicted octanol–water partition coefficient (Wildman–Crippen LogP) is 3.48. The Bertz CT molecular complexity index is 1020. The third-order valence-corrected chi connectivity index (χ3v) is 5.01. The Morgan fingerprint density at radius 3 is 2.86 bits per heavy atom. The number of benzene rings is 1. The molecular weight excluding hydrogens is 360 g/mol. The van der Waals surface area contributed by atoms with Crippen LogP contribution in [0.2, 0.25) is 0 Å². The molecule has 146 valence electrons. The summed E-state index contributed by atoms with van der Waals surface area (Å²) in [6.45, 7) is 2.55. The van der Waals surface area contributed by atoms with Crippen LogP contribution in [0.25, 0.3) is 11.3 Å². The minimum absolute atomic E-state index is 0.314. The third kappa shape index (κ3) is 2.93. The number of esters is 1. The Morgan fingerprint density at radius 1 is 1.25 bits per heavy atom. The Kier molecular flexibility index (Phi) is 4.81. The molecule has 0 radical (unpaired) electrons. The molecule has 1 aliphatic rings. The normalized spacial score (nSPS) is 12.2. The van der Waals surface area contributed by atoms with Gasteiger partial charge in [0, 0.05) is 22.9 Å². The van der Waals surface area contributed by atoms with E-state index < -0.39 is 0 Å². The second-order valence-corrected chi connectivity index (χ2v) is 6.55. The minimum atomic E-state index is -0.339. The number of nitrogens with zero attached hydrogens (tertiary/aromatic N) is 2. The molecule has 1 aliphatic carbocycles. The molecule has 0 saturated carbocycles. The number of carbonyl (C=O) groups is 1. The van der Waals surface area contributed by atoms with Gasteiger partial charge in [0.25, 0.3) is 0 Å². The molecule has 0 fully saturated rings. The fourth-order valence-corrected chi connectivity index (χ4v) is 3.79. The number of hydrogen-bond donors (Lipinski definition) is 0. The maximum atomic E-state index is 12.8. The van der Waals surface area contributed by atoms with Crippen LogP contribution in [-0.2, 0) is 24.1 Å². The number of aromatic nitrogens is 2. The van der Waals surface area contributed by atoms with Crippen LogP contribution >= 0.6 is 0 Å². The van der Waals surface area contributed by atoms with Crippen LogP contribution in [0.3, 0.4) is 0 Å². The largest absolute Gasteiger partial charge is 0.493 e. The lowest BCUT2D eigenvalue weighted by Crippen LogP contribution is -2.16. The molecule has 0 N–H and O–H groups in total. The highest BCUT2D eigenvalue weighted by Gasteiger charge is 2.30. The van der Waals surface area contributed by atoms with E-state index in [1.54, 1.807) is 27.3 Å². The SMILES string of the molecule is CCOC(=O)c1c2c(cn1Cc1cccc(OC)c1OC)-c1oncc1CC2. The highest BCUT2D eigenvalue weighted by molar-refractivity contribution is 5.93. The van der Waals surface area contributed by atoms with E-state index in [0.717, 1.165) is 40.9 Å². The molecule has 7 nitrogen and oxygen atoms in total. The highest BCUT2D eigenvalue weighted by Crippen LogP contribution is 2.38. The van der Waals surface area contributed by atoms with Gasteiger partial charge in [-0.3, -0.25) is 0 Å². The lowest BCUT2D eigenvalue weighted by molar-refractivity contribution is 0.0513. The van der Waals surface area contributed by atoms with Gasteiger partial charge in [0.1, 0.15) is 5.69 Å². The monoisotopic (exact) mass is 382 g/mol. The van der Waals surface area contributed by atoms with Gasteiger partial charge in [-0.15, -0.1) is 0 Å². The fourth-order valence-electron chi connectivity index (χ4n) is 3.79. The first kappa shape index (κ1) is 18.2. The van der Waals surface area contributed by atoms with Crippen molar-refractivity contribution in [2.75, 3.05) is 20.8 Å². The van der Waals surface area contributed by atoms with Gasteiger partial charge < -0.3 is 23.3 Å². The maximum absolute atomic E-state index is 12.8. The Morgan fingerprint density at radius 2 is 2.11 bits per heavy atom. The average molecular weight is 382 g/mol. The molecule has 7 heteroatoms. The van der Waals surface area contributed by atoms with Crippen molar-refractivity contribution in [1.82, 2.24) is 9.72 Å². The predicted molar refractivity (Wildman–Crippen MR) is 102 cm³/mol. The first-order chi connectivity index (χ1) is 13.7. The third-order valence-electron chi connectivity index (χ3n) is 5.01. The van der Waals surface area contributed by atoms with Crippen LogP contribution in [0.5, 0.6) is 11.5 Å². The Hall–Kier alpha value is -3.22. The second kappa shape index (κ2) is 7.42. The molecule has 0 bridgehead atoms. The summed E-state index contributed by atoms with van der Waals surface area (Å²) >= 11 is 0. The smallest absolute Gasteiger partial charge is 0.355 e. The summed E-state index contributed by atoms with van der Waals surface area (Å²) in [7, 11) is 3.21. The molecule has 3 aromatic rings. The summed E-state index contributed by atoms with van der Waals surface area (Å²) in [4.78, 5) is 12.8. The molecular formula is C21H22N2O5. The summed E-state index contributed by atoms with van der Waals surface area (Å²) < 4.78 is 23.7. The van der Waals surface area contributed by atoms with Gasteiger partial charge in [-0.05, 0) is 31.4 Å². The van der Waals surface area contributed by atoms with Crippen molar-refractivity contribution in [3.63, 3.8) is 0 Å². The van der Waals surface area contributed by atoms with Crippen molar-refractivity contribution in [3.8, 4) is 22.8 Å². The van der Waals surface area contributed by atoms with E-state index >= 15 is 0 Å². The molecule has 0 spiro atoms. The molecule has 2 heterocycles. The van der Waals surface area contributed by atoms with Crippen molar-refractivity contribution in [2.45, 2.75) is 26.3 Å². The minimum Gasteiger partial charge on any atom is -0.493 e. The molecule has 0 saturated heterocycles. The lowest BCUT2D eigenvalue weighted by Gasteiger charge is -2.15.